The molecular formula is C15H19ClN2O3. The van der Waals surface area contributed by atoms with Gasteiger partial charge >= 0.3 is 0 Å². The van der Waals surface area contributed by atoms with Gasteiger partial charge in [0.1, 0.15) is 5.56 Å². The minimum Gasteiger partial charge on any atom is -0.338 e. The minimum absolute atomic E-state index is 0.112. The van der Waals surface area contributed by atoms with Gasteiger partial charge in [0.15, 0.2) is 0 Å². The van der Waals surface area contributed by atoms with Gasteiger partial charge in [-0.25, -0.2) is 0 Å². The van der Waals surface area contributed by atoms with E-state index in [1.165, 1.54) is 6.07 Å². The number of alkyl halides is 1. The van der Waals surface area contributed by atoms with Crippen LogP contribution in [0.2, 0.25) is 0 Å². The summed E-state index contributed by atoms with van der Waals surface area (Å²) in [7, 11) is 0. The second-order valence-corrected chi connectivity index (χ2v) is 5.84. The monoisotopic (exact) mass is 310 g/mol. The predicted molar refractivity (Wildman–Crippen MR) is 81.8 cm³/mol. The zero-order chi connectivity index (χ0) is 15.4. The molecule has 1 heterocycles. The average Bonchev–Trinajstić information content (AvgIpc) is 2.47. The fourth-order valence-electron chi connectivity index (χ4n) is 2.88. The molecule has 0 aromatic heterocycles. The molecule has 1 saturated heterocycles. The molecule has 0 saturated carbocycles. The number of aryl methyl sites for hydroxylation is 1. The summed E-state index contributed by atoms with van der Waals surface area (Å²) in [6.07, 6.45) is 2.86. The number of carbonyl (C=O) groups excluding carboxylic acids is 1. The second kappa shape index (κ2) is 6.89. The first-order chi connectivity index (χ1) is 10.0. The van der Waals surface area contributed by atoms with Crippen molar-refractivity contribution in [3.8, 4) is 0 Å². The van der Waals surface area contributed by atoms with Gasteiger partial charge in [0.25, 0.3) is 11.6 Å². The highest BCUT2D eigenvalue weighted by Gasteiger charge is 2.29. The second-order valence-electron chi connectivity index (χ2n) is 5.46. The van der Waals surface area contributed by atoms with Gasteiger partial charge in [0.2, 0.25) is 0 Å². The maximum atomic E-state index is 12.7. The average molecular weight is 311 g/mol. The zero-order valence-electron chi connectivity index (χ0n) is 12.0. The summed E-state index contributed by atoms with van der Waals surface area (Å²) >= 11 is 5.78. The Morgan fingerprint density at radius 3 is 2.95 bits per heavy atom. The van der Waals surface area contributed by atoms with Crippen molar-refractivity contribution in [3.63, 3.8) is 0 Å². The number of carbonyl (C=O) groups is 1. The van der Waals surface area contributed by atoms with Gasteiger partial charge < -0.3 is 4.90 Å². The van der Waals surface area contributed by atoms with Crippen molar-refractivity contribution in [1.29, 1.82) is 0 Å². The third kappa shape index (κ3) is 3.53. The van der Waals surface area contributed by atoms with Gasteiger partial charge in [-0.3, -0.25) is 14.9 Å². The highest BCUT2D eigenvalue weighted by Crippen LogP contribution is 2.27. The molecule has 5 nitrogen and oxygen atoms in total. The van der Waals surface area contributed by atoms with Crippen LogP contribution in [-0.4, -0.2) is 34.7 Å². The Morgan fingerprint density at radius 2 is 2.29 bits per heavy atom. The number of hydrogen-bond donors (Lipinski definition) is 0. The third-order valence-electron chi connectivity index (χ3n) is 3.98. The van der Waals surface area contributed by atoms with E-state index in [0.29, 0.717) is 30.5 Å². The molecule has 2 rings (SSSR count). The van der Waals surface area contributed by atoms with Crippen LogP contribution in [0.1, 0.15) is 35.2 Å². The van der Waals surface area contributed by atoms with Gasteiger partial charge in [-0.1, -0.05) is 12.1 Å². The standard InChI is InChI=1S/C15H19ClN2O3/c1-11-4-2-6-13(18(20)21)14(11)15(19)17-9-3-5-12(10-17)7-8-16/h2,4,6,12H,3,5,7-10H2,1H3. The summed E-state index contributed by atoms with van der Waals surface area (Å²) in [5.41, 5.74) is 0.752. The fraction of sp³-hybridized carbons (Fsp3) is 0.533. The Bertz CT molecular complexity index is 546. The van der Waals surface area contributed by atoms with Gasteiger partial charge in [0, 0.05) is 25.0 Å². The van der Waals surface area contributed by atoms with E-state index in [9.17, 15) is 14.9 Å². The van der Waals surface area contributed by atoms with Gasteiger partial charge in [-0.15, -0.1) is 11.6 Å². The van der Waals surface area contributed by atoms with Crippen molar-refractivity contribution in [3.05, 3.63) is 39.4 Å². The maximum absolute atomic E-state index is 12.7. The molecule has 1 aliphatic rings. The smallest absolute Gasteiger partial charge is 0.282 e. The number of nitro groups is 1. The molecule has 0 spiro atoms. The van der Waals surface area contributed by atoms with E-state index in [-0.39, 0.29) is 17.2 Å². The van der Waals surface area contributed by atoms with Gasteiger partial charge in [-0.05, 0) is 37.7 Å². The molecule has 6 heteroatoms. The van der Waals surface area contributed by atoms with Crippen LogP contribution in [0.4, 0.5) is 5.69 Å². The number of nitro benzene ring substituents is 1. The molecule has 1 aromatic carbocycles. The van der Waals surface area contributed by atoms with Crippen LogP contribution in [0.15, 0.2) is 18.2 Å². The van der Waals surface area contributed by atoms with Crippen LogP contribution in [0.5, 0.6) is 0 Å². The van der Waals surface area contributed by atoms with E-state index < -0.39 is 4.92 Å². The molecule has 1 aromatic rings. The van der Waals surface area contributed by atoms with Crippen LogP contribution in [0, 0.1) is 23.0 Å². The van der Waals surface area contributed by atoms with Crippen molar-refractivity contribution >= 4 is 23.2 Å². The molecule has 0 bridgehead atoms. The number of piperidine rings is 1. The molecule has 0 N–H and O–H groups in total. The lowest BCUT2D eigenvalue weighted by molar-refractivity contribution is -0.385. The Balaban J connectivity index is 2.25. The van der Waals surface area contributed by atoms with Gasteiger partial charge in [-0.2, -0.15) is 0 Å². The molecule has 0 aliphatic carbocycles. The summed E-state index contributed by atoms with van der Waals surface area (Å²) in [6, 6.07) is 4.73. The summed E-state index contributed by atoms with van der Waals surface area (Å²) in [5.74, 6) is 0.736. The number of nitrogens with zero attached hydrogens (tertiary/aromatic N) is 2. The lowest BCUT2D eigenvalue weighted by Gasteiger charge is -2.32. The Hall–Kier alpha value is -1.62. The normalized spacial score (nSPS) is 18.6. The topological polar surface area (TPSA) is 63.5 Å². The number of likely N-dealkylation sites (tertiary alicyclic amines) is 1. The Labute approximate surface area is 129 Å². The Morgan fingerprint density at radius 1 is 1.52 bits per heavy atom. The summed E-state index contributed by atoms with van der Waals surface area (Å²) < 4.78 is 0. The zero-order valence-corrected chi connectivity index (χ0v) is 12.8. The number of rotatable bonds is 4. The van der Waals surface area contributed by atoms with E-state index >= 15 is 0 Å². The van der Waals surface area contributed by atoms with E-state index in [1.54, 1.807) is 24.0 Å². The first-order valence-corrected chi connectivity index (χ1v) is 7.67. The quantitative estimate of drug-likeness (QED) is 0.486. The largest absolute Gasteiger partial charge is 0.338 e. The van der Waals surface area contributed by atoms with Crippen molar-refractivity contribution in [2.24, 2.45) is 5.92 Å². The van der Waals surface area contributed by atoms with Crippen LogP contribution >= 0.6 is 11.6 Å². The van der Waals surface area contributed by atoms with Crippen molar-refractivity contribution in [2.75, 3.05) is 19.0 Å². The first-order valence-electron chi connectivity index (χ1n) is 7.13. The van der Waals surface area contributed by atoms with Crippen molar-refractivity contribution in [1.82, 2.24) is 4.90 Å². The molecule has 1 aliphatic heterocycles. The molecule has 114 valence electrons. The molecule has 21 heavy (non-hydrogen) atoms. The number of amides is 1. The van der Waals surface area contributed by atoms with Crippen LogP contribution in [0.3, 0.4) is 0 Å². The maximum Gasteiger partial charge on any atom is 0.282 e. The Kier molecular flexibility index (Phi) is 5.17. The highest BCUT2D eigenvalue weighted by molar-refractivity contribution is 6.17. The highest BCUT2D eigenvalue weighted by atomic mass is 35.5. The molecule has 1 unspecified atom stereocenters. The van der Waals surface area contributed by atoms with Crippen LogP contribution in [-0.2, 0) is 0 Å². The third-order valence-corrected chi connectivity index (χ3v) is 4.20. The SMILES string of the molecule is Cc1cccc([N+](=O)[O-])c1C(=O)N1CCCC(CCCl)C1. The number of halogens is 1. The molecule has 1 fully saturated rings. The molecule has 0 radical (unpaired) electrons. The predicted octanol–water partition coefficient (Wildman–Crippen LogP) is 3.38. The van der Waals surface area contributed by atoms with E-state index in [4.69, 9.17) is 11.6 Å². The van der Waals surface area contributed by atoms with Crippen molar-refractivity contribution in [2.45, 2.75) is 26.2 Å². The van der Waals surface area contributed by atoms with Gasteiger partial charge in [0.05, 0.1) is 4.92 Å². The summed E-state index contributed by atoms with van der Waals surface area (Å²) in [5, 5.41) is 11.1. The van der Waals surface area contributed by atoms with E-state index in [1.807, 2.05) is 0 Å². The molecule has 1 amide bonds. The number of hydrogen-bond acceptors (Lipinski definition) is 3. The van der Waals surface area contributed by atoms with Crippen molar-refractivity contribution < 1.29 is 9.72 Å². The lowest BCUT2D eigenvalue weighted by atomic mass is 9.94. The summed E-state index contributed by atoms with van der Waals surface area (Å²) in [6.45, 7) is 3.03. The fourth-order valence-corrected chi connectivity index (χ4v) is 3.19. The summed E-state index contributed by atoms with van der Waals surface area (Å²) in [4.78, 5) is 25.1. The molecule has 1 atom stereocenters. The van der Waals surface area contributed by atoms with E-state index in [0.717, 1.165) is 19.3 Å². The minimum atomic E-state index is -0.486. The van der Waals surface area contributed by atoms with E-state index in [2.05, 4.69) is 0 Å². The number of benzene rings is 1. The molecular weight excluding hydrogens is 292 g/mol. The van der Waals surface area contributed by atoms with Crippen LogP contribution < -0.4 is 0 Å². The van der Waals surface area contributed by atoms with Crippen LogP contribution in [0.25, 0.3) is 0 Å². The lowest BCUT2D eigenvalue weighted by Crippen LogP contribution is -2.40. The first kappa shape index (κ1) is 15.8.